The third-order valence-corrected chi connectivity index (χ3v) is 7.08. The van der Waals surface area contributed by atoms with Crippen molar-refractivity contribution in [1.82, 2.24) is 10.6 Å². The summed E-state index contributed by atoms with van der Waals surface area (Å²) in [6.07, 6.45) is 5.42. The molecule has 154 valence electrons. The first-order valence-corrected chi connectivity index (χ1v) is 10.5. The fourth-order valence-electron chi connectivity index (χ4n) is 6.07. The van der Waals surface area contributed by atoms with Crippen molar-refractivity contribution in [3.8, 4) is 0 Å². The van der Waals surface area contributed by atoms with E-state index < -0.39 is 23.5 Å². The Morgan fingerprint density at radius 2 is 1.86 bits per heavy atom. The SMILES string of the molecule is CCOC(=O)C1=C(COC(=O)C23C[C@H]4C[C@@H](CC(Cl)(C4)C2)C3)NC(=O)N[C@H]1C. The number of alkyl halides is 1. The Kier molecular flexibility index (Phi) is 4.84. The van der Waals surface area contributed by atoms with Crippen LogP contribution in [0, 0.1) is 17.3 Å². The maximum atomic E-state index is 13.1. The van der Waals surface area contributed by atoms with Gasteiger partial charge in [0.1, 0.15) is 6.61 Å². The number of hydrogen-bond acceptors (Lipinski definition) is 5. The Morgan fingerprint density at radius 3 is 2.46 bits per heavy atom. The van der Waals surface area contributed by atoms with Crippen LogP contribution < -0.4 is 10.6 Å². The average Bonchev–Trinajstić information content (AvgIpc) is 2.57. The maximum absolute atomic E-state index is 13.1. The molecular weight excluding hydrogens is 384 g/mol. The standard InChI is InChI=1S/C20H27ClN2O5/c1-3-27-16(24)15-11(2)22-18(26)23-14(15)9-28-17(25)19-5-12-4-13(6-19)8-20(21,7-12)10-19/h11-13H,3-10H2,1-2H3,(H2,22,23,26)/t11-,12+,13+,19?,20?/m0/s1. The van der Waals surface area contributed by atoms with Crippen molar-refractivity contribution >= 4 is 29.6 Å². The lowest BCUT2D eigenvalue weighted by atomic mass is 9.49. The van der Waals surface area contributed by atoms with Gasteiger partial charge in [-0.2, -0.15) is 0 Å². The van der Waals surface area contributed by atoms with Gasteiger partial charge in [-0.15, -0.1) is 11.6 Å². The van der Waals surface area contributed by atoms with Crippen LogP contribution in [0.3, 0.4) is 0 Å². The quantitative estimate of drug-likeness (QED) is 0.536. The second-order valence-electron chi connectivity index (χ2n) is 8.90. The predicted molar refractivity (Wildman–Crippen MR) is 101 cm³/mol. The normalized spacial score (nSPS) is 38.7. The highest BCUT2D eigenvalue weighted by Gasteiger charge is 2.60. The molecule has 0 saturated heterocycles. The minimum atomic E-state index is -0.529. The molecule has 1 aliphatic heterocycles. The molecule has 4 fully saturated rings. The summed E-state index contributed by atoms with van der Waals surface area (Å²) in [5.41, 5.74) is 0.0425. The molecule has 0 aromatic heterocycles. The third kappa shape index (κ3) is 3.38. The lowest BCUT2D eigenvalue weighted by Gasteiger charge is -2.58. The first kappa shape index (κ1) is 19.6. The Morgan fingerprint density at radius 1 is 1.18 bits per heavy atom. The van der Waals surface area contributed by atoms with Crippen molar-refractivity contribution in [3.05, 3.63) is 11.3 Å². The maximum Gasteiger partial charge on any atom is 0.338 e. The molecule has 7 nitrogen and oxygen atoms in total. The number of esters is 2. The fourth-order valence-corrected chi connectivity index (χ4v) is 6.77. The van der Waals surface area contributed by atoms with Gasteiger partial charge in [0.25, 0.3) is 0 Å². The Balaban J connectivity index is 1.51. The first-order chi connectivity index (χ1) is 13.2. The topological polar surface area (TPSA) is 93.7 Å². The molecule has 8 heteroatoms. The zero-order valence-corrected chi connectivity index (χ0v) is 17.1. The first-order valence-electron chi connectivity index (χ1n) is 10.1. The van der Waals surface area contributed by atoms with Gasteiger partial charge in [0.05, 0.1) is 29.3 Å². The average molecular weight is 411 g/mol. The summed E-state index contributed by atoms with van der Waals surface area (Å²) < 4.78 is 10.8. The van der Waals surface area contributed by atoms with E-state index in [-0.39, 0.29) is 35.3 Å². The van der Waals surface area contributed by atoms with Gasteiger partial charge < -0.3 is 20.1 Å². The monoisotopic (exact) mass is 410 g/mol. The highest BCUT2D eigenvalue weighted by Crippen LogP contribution is 2.64. The number of nitrogens with one attached hydrogen (secondary N) is 2. The molecular formula is C20H27ClN2O5. The van der Waals surface area contributed by atoms with Crippen LogP contribution in [0.4, 0.5) is 4.79 Å². The minimum absolute atomic E-state index is 0.156. The Hall–Kier alpha value is -1.76. The van der Waals surface area contributed by atoms with Crippen molar-refractivity contribution in [2.24, 2.45) is 17.3 Å². The smallest absolute Gasteiger partial charge is 0.338 e. The third-order valence-electron chi connectivity index (χ3n) is 6.64. The number of carbonyl (C=O) groups is 3. The Bertz CT molecular complexity index is 735. The van der Waals surface area contributed by atoms with E-state index in [0.717, 1.165) is 32.1 Å². The number of halogens is 1. The molecule has 5 rings (SSSR count). The summed E-state index contributed by atoms with van der Waals surface area (Å²) in [5, 5.41) is 5.23. The van der Waals surface area contributed by atoms with E-state index in [0.29, 0.717) is 18.3 Å². The van der Waals surface area contributed by atoms with E-state index in [4.69, 9.17) is 21.1 Å². The van der Waals surface area contributed by atoms with Gasteiger partial charge in [-0.3, -0.25) is 4.79 Å². The van der Waals surface area contributed by atoms with E-state index in [1.54, 1.807) is 13.8 Å². The summed E-state index contributed by atoms with van der Waals surface area (Å²) in [7, 11) is 0. The molecule has 28 heavy (non-hydrogen) atoms. The van der Waals surface area contributed by atoms with Crippen LogP contribution in [0.15, 0.2) is 11.3 Å². The number of urea groups is 1. The van der Waals surface area contributed by atoms with E-state index in [1.807, 2.05) is 0 Å². The number of carbonyl (C=O) groups excluding carboxylic acids is 3. The van der Waals surface area contributed by atoms with Crippen LogP contribution >= 0.6 is 11.6 Å². The van der Waals surface area contributed by atoms with E-state index in [9.17, 15) is 14.4 Å². The molecule has 3 atom stereocenters. The Labute approximate surface area is 169 Å². The molecule has 4 bridgehead atoms. The van der Waals surface area contributed by atoms with Crippen LogP contribution in [-0.4, -0.2) is 42.1 Å². The second-order valence-corrected chi connectivity index (χ2v) is 9.70. The van der Waals surface area contributed by atoms with Crippen molar-refractivity contribution in [2.75, 3.05) is 13.2 Å². The van der Waals surface area contributed by atoms with E-state index >= 15 is 0 Å². The highest BCUT2D eigenvalue weighted by atomic mass is 35.5. The summed E-state index contributed by atoms with van der Waals surface area (Å²) in [4.78, 5) is 37.0. The lowest BCUT2D eigenvalue weighted by Crippen LogP contribution is -2.56. The van der Waals surface area contributed by atoms with Crippen molar-refractivity contribution in [1.29, 1.82) is 0 Å². The van der Waals surface area contributed by atoms with Crippen LogP contribution in [0.25, 0.3) is 0 Å². The molecule has 4 saturated carbocycles. The second kappa shape index (κ2) is 6.94. The summed E-state index contributed by atoms with van der Waals surface area (Å²) in [5.74, 6) is 0.185. The number of ether oxygens (including phenoxy) is 2. The molecule has 0 spiro atoms. The summed E-state index contributed by atoms with van der Waals surface area (Å²) >= 11 is 6.81. The van der Waals surface area contributed by atoms with E-state index in [1.165, 1.54) is 0 Å². The molecule has 0 radical (unpaired) electrons. The molecule has 0 aromatic carbocycles. The van der Waals surface area contributed by atoms with Crippen molar-refractivity contribution in [3.63, 3.8) is 0 Å². The molecule has 0 aromatic rings. The van der Waals surface area contributed by atoms with Crippen LogP contribution in [0.2, 0.25) is 0 Å². The van der Waals surface area contributed by atoms with Crippen LogP contribution in [0.1, 0.15) is 52.4 Å². The zero-order valence-electron chi connectivity index (χ0n) is 16.3. The number of rotatable bonds is 5. The molecule has 5 aliphatic rings. The van der Waals surface area contributed by atoms with Gasteiger partial charge in [0, 0.05) is 4.87 Å². The molecule has 0 unspecified atom stereocenters. The predicted octanol–water partition coefficient (Wildman–Crippen LogP) is 2.63. The van der Waals surface area contributed by atoms with Gasteiger partial charge in [-0.1, -0.05) is 0 Å². The number of hydrogen-bond donors (Lipinski definition) is 2. The summed E-state index contributed by atoms with van der Waals surface area (Å²) in [6.45, 7) is 3.48. The summed E-state index contributed by atoms with van der Waals surface area (Å²) in [6, 6.07) is -0.951. The van der Waals surface area contributed by atoms with Gasteiger partial charge in [0.2, 0.25) is 0 Å². The van der Waals surface area contributed by atoms with Crippen molar-refractivity contribution in [2.45, 2.75) is 63.3 Å². The molecule has 4 aliphatic carbocycles. The van der Waals surface area contributed by atoms with Crippen LogP contribution in [-0.2, 0) is 19.1 Å². The number of amides is 2. The van der Waals surface area contributed by atoms with E-state index in [2.05, 4.69) is 10.6 Å². The zero-order chi connectivity index (χ0) is 20.1. The van der Waals surface area contributed by atoms with Gasteiger partial charge in [0.15, 0.2) is 0 Å². The van der Waals surface area contributed by atoms with Gasteiger partial charge in [-0.25, -0.2) is 9.59 Å². The molecule has 1 heterocycles. The lowest BCUT2D eigenvalue weighted by molar-refractivity contribution is -0.169. The largest absolute Gasteiger partial charge is 0.463 e. The van der Waals surface area contributed by atoms with Crippen LogP contribution in [0.5, 0.6) is 0 Å². The van der Waals surface area contributed by atoms with Gasteiger partial charge in [-0.05, 0) is 64.2 Å². The molecule has 2 N–H and O–H groups in total. The molecule has 2 amide bonds. The highest BCUT2D eigenvalue weighted by molar-refractivity contribution is 6.24. The van der Waals surface area contributed by atoms with Gasteiger partial charge >= 0.3 is 18.0 Å². The minimum Gasteiger partial charge on any atom is -0.463 e. The van der Waals surface area contributed by atoms with Crippen molar-refractivity contribution < 1.29 is 23.9 Å². The fraction of sp³-hybridized carbons (Fsp3) is 0.750.